The topological polar surface area (TPSA) is 9.23 Å². The van der Waals surface area contributed by atoms with Crippen molar-refractivity contribution < 1.29 is 31.1 Å². The van der Waals surface area contributed by atoms with Crippen LogP contribution in [-0.4, -0.2) is 30.4 Å². The largest absolute Gasteiger partial charge is 0.423 e. The first-order valence-corrected chi connectivity index (χ1v) is 4.12. The van der Waals surface area contributed by atoms with Gasteiger partial charge in [0, 0.05) is 5.33 Å². The Hall–Kier alpha value is 0.0200. The molecule has 0 atom stereocenters. The zero-order valence-corrected chi connectivity index (χ0v) is 7.63. The minimum Gasteiger partial charge on any atom is -0.360 e. The molecule has 0 unspecified atom stereocenters. The Morgan fingerprint density at radius 2 is 1.38 bits per heavy atom. The van der Waals surface area contributed by atoms with Crippen molar-refractivity contribution in [3.05, 3.63) is 0 Å². The summed E-state index contributed by atoms with van der Waals surface area (Å²) < 4.78 is 73.7. The van der Waals surface area contributed by atoms with E-state index in [0.29, 0.717) is 0 Å². The van der Waals surface area contributed by atoms with Gasteiger partial charge in [-0.3, -0.25) is 0 Å². The van der Waals surface area contributed by atoms with Gasteiger partial charge < -0.3 is 4.74 Å². The van der Waals surface area contributed by atoms with Gasteiger partial charge >= 0.3 is 12.4 Å². The number of hydrogen-bond acceptors (Lipinski definition) is 1. The Bertz CT molecular complexity index is 138. The van der Waals surface area contributed by atoms with E-state index in [-0.39, 0.29) is 5.33 Å². The van der Waals surface area contributed by atoms with Crippen LogP contribution in [0.3, 0.4) is 0 Å². The van der Waals surface area contributed by atoms with Crippen molar-refractivity contribution in [3.63, 3.8) is 0 Å². The predicted octanol–water partition coefficient (Wildman–Crippen LogP) is 2.89. The third-order valence-electron chi connectivity index (χ3n) is 0.956. The highest BCUT2D eigenvalue weighted by molar-refractivity contribution is 9.09. The van der Waals surface area contributed by atoms with E-state index < -0.39 is 25.1 Å². The normalized spacial score (nSPS) is 13.8. The molecular weight excluding hydrogens is 270 g/mol. The van der Waals surface area contributed by atoms with Gasteiger partial charge in [0.1, 0.15) is 0 Å². The second-order valence-electron chi connectivity index (χ2n) is 2.02. The molecule has 0 aromatic rings. The molecule has 0 aliphatic heterocycles. The molecule has 80 valence electrons. The molecule has 0 saturated carbocycles. The average molecular weight is 275 g/mol. The van der Waals surface area contributed by atoms with Crippen LogP contribution in [-0.2, 0) is 4.74 Å². The van der Waals surface area contributed by atoms with Gasteiger partial charge in [0.05, 0.1) is 6.61 Å². The lowest BCUT2D eigenvalue weighted by atomic mass is 10.3. The number of ether oxygens (including phenoxy) is 1. The quantitative estimate of drug-likeness (QED) is 0.568. The first-order chi connectivity index (χ1) is 5.69. The summed E-state index contributed by atoms with van der Waals surface area (Å²) in [6, 6.07) is 0. The minimum atomic E-state index is -5.42. The van der Waals surface area contributed by atoms with Gasteiger partial charge in [-0.2, -0.15) is 26.3 Å². The van der Waals surface area contributed by atoms with Crippen LogP contribution in [0.5, 0.6) is 0 Å². The lowest BCUT2D eigenvalue weighted by molar-refractivity contribution is -0.320. The Labute approximate surface area is 78.2 Å². The lowest BCUT2D eigenvalue weighted by Gasteiger charge is -2.22. The Morgan fingerprint density at radius 3 is 1.62 bits per heavy atom. The molecule has 0 N–H and O–H groups in total. The smallest absolute Gasteiger partial charge is 0.360 e. The second-order valence-corrected chi connectivity index (χ2v) is 2.82. The van der Waals surface area contributed by atoms with Crippen molar-refractivity contribution in [2.24, 2.45) is 0 Å². The van der Waals surface area contributed by atoms with Crippen LogP contribution in [0, 0.1) is 0 Å². The molecule has 8 heteroatoms. The highest BCUT2D eigenvalue weighted by Crippen LogP contribution is 2.35. The summed E-state index contributed by atoms with van der Waals surface area (Å²) in [5.41, 5.74) is 0. The molecule has 0 rings (SSSR count). The Morgan fingerprint density at radius 1 is 1.00 bits per heavy atom. The summed E-state index contributed by atoms with van der Waals surface area (Å²) in [6.07, 6.45) is -14.5. The standard InChI is InChI=1S/C5H5BrF6O/c6-1-2-13-3(4(7,8)9)5(10,11)12/h3H,1-2H2. The van der Waals surface area contributed by atoms with Crippen LogP contribution < -0.4 is 0 Å². The van der Waals surface area contributed by atoms with E-state index in [1.54, 1.807) is 0 Å². The average Bonchev–Trinajstić information content (AvgIpc) is 1.81. The van der Waals surface area contributed by atoms with Gasteiger partial charge in [0.25, 0.3) is 0 Å². The third-order valence-corrected chi connectivity index (χ3v) is 1.28. The third kappa shape index (κ3) is 4.70. The molecule has 0 aromatic heterocycles. The van der Waals surface area contributed by atoms with E-state index in [4.69, 9.17) is 0 Å². The van der Waals surface area contributed by atoms with Gasteiger partial charge in [-0.1, -0.05) is 15.9 Å². The van der Waals surface area contributed by atoms with Crippen LogP contribution in [0.1, 0.15) is 0 Å². The molecule has 0 heterocycles. The van der Waals surface area contributed by atoms with Crippen LogP contribution in [0.4, 0.5) is 26.3 Å². The van der Waals surface area contributed by atoms with Crippen LogP contribution in [0.2, 0.25) is 0 Å². The van der Waals surface area contributed by atoms with Crippen molar-refractivity contribution in [1.82, 2.24) is 0 Å². The molecule has 0 spiro atoms. The first-order valence-electron chi connectivity index (χ1n) is 3.00. The van der Waals surface area contributed by atoms with Gasteiger partial charge in [-0.05, 0) is 0 Å². The summed E-state index contributed by atoms with van der Waals surface area (Å²) in [5.74, 6) is 0. The molecule has 0 fully saturated rings. The monoisotopic (exact) mass is 274 g/mol. The van der Waals surface area contributed by atoms with Crippen molar-refractivity contribution in [2.75, 3.05) is 11.9 Å². The van der Waals surface area contributed by atoms with Crippen LogP contribution >= 0.6 is 15.9 Å². The zero-order valence-electron chi connectivity index (χ0n) is 6.05. The first kappa shape index (κ1) is 13.0. The number of hydrogen-bond donors (Lipinski definition) is 0. The van der Waals surface area contributed by atoms with E-state index in [1.165, 1.54) is 0 Å². The summed E-state index contributed by atoms with van der Waals surface area (Å²) in [7, 11) is 0. The number of halogens is 7. The van der Waals surface area contributed by atoms with Crippen LogP contribution in [0.25, 0.3) is 0 Å². The molecule has 0 aliphatic carbocycles. The van der Waals surface area contributed by atoms with E-state index in [0.717, 1.165) is 0 Å². The van der Waals surface area contributed by atoms with Gasteiger partial charge in [0.2, 0.25) is 6.10 Å². The van der Waals surface area contributed by atoms with E-state index in [2.05, 4.69) is 20.7 Å². The summed E-state index contributed by atoms with van der Waals surface area (Å²) in [6.45, 7) is -0.649. The molecule has 0 radical (unpaired) electrons. The maximum Gasteiger partial charge on any atom is 0.423 e. The SMILES string of the molecule is FC(F)(F)C(OCCBr)C(F)(F)F. The number of alkyl halides is 7. The fraction of sp³-hybridized carbons (Fsp3) is 1.00. The molecule has 0 aliphatic rings. The number of rotatable bonds is 3. The van der Waals surface area contributed by atoms with Crippen molar-refractivity contribution in [3.8, 4) is 0 Å². The van der Waals surface area contributed by atoms with Crippen molar-refractivity contribution >= 4 is 15.9 Å². The van der Waals surface area contributed by atoms with Gasteiger partial charge in [-0.25, -0.2) is 0 Å². The Balaban J connectivity index is 4.39. The molecule has 13 heavy (non-hydrogen) atoms. The van der Waals surface area contributed by atoms with Crippen molar-refractivity contribution in [1.29, 1.82) is 0 Å². The molecule has 0 amide bonds. The molecule has 0 aromatic carbocycles. The van der Waals surface area contributed by atoms with E-state index in [1.807, 2.05) is 0 Å². The van der Waals surface area contributed by atoms with E-state index >= 15 is 0 Å². The highest BCUT2D eigenvalue weighted by atomic mass is 79.9. The molecular formula is C5H5BrF6O. The predicted molar refractivity (Wildman–Crippen MR) is 35.6 cm³/mol. The lowest BCUT2D eigenvalue weighted by Crippen LogP contribution is -2.44. The summed E-state index contributed by atoms with van der Waals surface area (Å²) in [5, 5.41) is -0.0876. The fourth-order valence-corrected chi connectivity index (χ4v) is 0.724. The summed E-state index contributed by atoms with van der Waals surface area (Å²) in [4.78, 5) is 0. The second kappa shape index (κ2) is 4.50. The minimum absolute atomic E-state index is 0.0876. The van der Waals surface area contributed by atoms with Crippen molar-refractivity contribution in [2.45, 2.75) is 18.5 Å². The molecule has 0 bridgehead atoms. The Kier molecular flexibility index (Phi) is 4.50. The maximum absolute atomic E-state index is 11.7. The van der Waals surface area contributed by atoms with Gasteiger partial charge in [0.15, 0.2) is 0 Å². The summed E-state index contributed by atoms with van der Waals surface area (Å²) >= 11 is 2.65. The van der Waals surface area contributed by atoms with Crippen LogP contribution in [0.15, 0.2) is 0 Å². The zero-order chi connectivity index (χ0) is 10.7. The molecule has 1 nitrogen and oxygen atoms in total. The van der Waals surface area contributed by atoms with E-state index in [9.17, 15) is 26.3 Å². The maximum atomic E-state index is 11.7. The fourth-order valence-electron chi connectivity index (χ4n) is 0.537. The highest BCUT2D eigenvalue weighted by Gasteiger charge is 2.57. The van der Waals surface area contributed by atoms with Gasteiger partial charge in [-0.15, -0.1) is 0 Å². The molecule has 0 saturated heterocycles.